The van der Waals surface area contributed by atoms with Crippen LogP contribution >= 0.6 is 23.2 Å². The molecule has 2 rings (SSSR count). The van der Waals surface area contributed by atoms with E-state index in [-0.39, 0.29) is 43.8 Å². The molecule has 0 bridgehead atoms. The van der Waals surface area contributed by atoms with Crippen molar-refractivity contribution in [3.8, 4) is 0 Å². The second-order valence-corrected chi connectivity index (χ2v) is 12.2. The molecule has 37 heavy (non-hydrogen) atoms. The molecule has 0 aliphatic carbocycles. The number of nitrogens with zero attached hydrogens (tertiary/aromatic N) is 2. The fraction of sp³-hybridized carbons (Fsp3) is 0.481. The molecule has 0 spiro atoms. The van der Waals surface area contributed by atoms with Crippen LogP contribution in [0.4, 0.5) is 5.69 Å². The molecule has 1 N–H and O–H groups in total. The van der Waals surface area contributed by atoms with E-state index in [0.29, 0.717) is 21.3 Å². The molecule has 0 saturated carbocycles. The van der Waals surface area contributed by atoms with E-state index < -0.39 is 16.1 Å². The molecule has 2 aromatic rings. The number of nitrogens with one attached hydrogen (secondary N) is 1. The van der Waals surface area contributed by atoms with E-state index in [0.717, 1.165) is 23.8 Å². The summed E-state index contributed by atoms with van der Waals surface area (Å²) >= 11 is 12.4. The van der Waals surface area contributed by atoms with E-state index >= 15 is 0 Å². The van der Waals surface area contributed by atoms with Crippen LogP contribution in [0.5, 0.6) is 0 Å². The van der Waals surface area contributed by atoms with Crippen molar-refractivity contribution in [1.29, 1.82) is 0 Å². The lowest BCUT2D eigenvalue weighted by atomic mass is 10.1. The topological polar surface area (TPSA) is 86.8 Å². The summed E-state index contributed by atoms with van der Waals surface area (Å²) in [6, 6.07) is 9.70. The van der Waals surface area contributed by atoms with Gasteiger partial charge in [-0.3, -0.25) is 13.9 Å². The van der Waals surface area contributed by atoms with E-state index in [1.54, 1.807) is 31.2 Å². The summed E-state index contributed by atoms with van der Waals surface area (Å²) in [6.07, 6.45) is 2.25. The summed E-state index contributed by atoms with van der Waals surface area (Å²) in [7, 11) is -3.56. The molecule has 0 saturated heterocycles. The predicted octanol–water partition coefficient (Wildman–Crippen LogP) is 5.49. The molecule has 10 heteroatoms. The highest BCUT2D eigenvalue weighted by atomic mass is 35.5. The molecule has 0 aromatic heterocycles. The van der Waals surface area contributed by atoms with Crippen LogP contribution in [0.1, 0.15) is 56.7 Å². The zero-order chi connectivity index (χ0) is 27.9. The number of aryl methyl sites for hydroxylation is 2. The van der Waals surface area contributed by atoms with Crippen molar-refractivity contribution >= 4 is 50.7 Å². The highest BCUT2D eigenvalue weighted by Crippen LogP contribution is 2.25. The largest absolute Gasteiger partial charge is 0.352 e. The fourth-order valence-corrected chi connectivity index (χ4v) is 5.19. The number of rotatable bonds is 12. The van der Waals surface area contributed by atoms with Crippen LogP contribution < -0.4 is 9.62 Å². The van der Waals surface area contributed by atoms with Crippen LogP contribution in [-0.2, 0) is 26.2 Å². The Bertz CT molecular complexity index is 1220. The highest BCUT2D eigenvalue weighted by molar-refractivity contribution is 7.92. The lowest BCUT2D eigenvalue weighted by molar-refractivity contribution is -0.140. The van der Waals surface area contributed by atoms with Gasteiger partial charge in [-0.1, -0.05) is 42.3 Å². The maximum Gasteiger partial charge on any atom is 0.242 e. The van der Waals surface area contributed by atoms with Crippen LogP contribution in [-0.4, -0.2) is 50.0 Å². The lowest BCUT2D eigenvalue weighted by Crippen LogP contribution is -2.49. The lowest BCUT2D eigenvalue weighted by Gasteiger charge is -2.30. The van der Waals surface area contributed by atoms with Gasteiger partial charge in [-0.05, 0) is 81.5 Å². The van der Waals surface area contributed by atoms with Crippen molar-refractivity contribution < 1.29 is 18.0 Å². The number of carbonyl (C=O) groups excluding carboxylic acids is 2. The first kappa shape index (κ1) is 30.9. The zero-order valence-electron chi connectivity index (χ0n) is 22.3. The van der Waals surface area contributed by atoms with Crippen molar-refractivity contribution in [2.75, 3.05) is 17.1 Å². The van der Waals surface area contributed by atoms with Crippen molar-refractivity contribution in [2.24, 2.45) is 0 Å². The third-order valence-corrected chi connectivity index (χ3v) is 8.24. The number of carbonyl (C=O) groups is 2. The molecule has 2 aromatic carbocycles. The Balaban J connectivity index is 2.23. The summed E-state index contributed by atoms with van der Waals surface area (Å²) in [5.41, 5.74) is 3.27. The van der Waals surface area contributed by atoms with Gasteiger partial charge in [0.1, 0.15) is 6.04 Å². The van der Waals surface area contributed by atoms with Crippen LogP contribution in [0.25, 0.3) is 0 Å². The quantitative estimate of drug-likeness (QED) is 0.366. The average Bonchev–Trinajstić information content (AvgIpc) is 2.81. The number of hydrogen-bond acceptors (Lipinski definition) is 4. The van der Waals surface area contributed by atoms with E-state index in [2.05, 4.69) is 5.32 Å². The highest BCUT2D eigenvalue weighted by Gasteiger charge is 2.28. The molecule has 2 amide bonds. The molecule has 0 aliphatic heterocycles. The Morgan fingerprint density at radius 3 is 2.27 bits per heavy atom. The van der Waals surface area contributed by atoms with Gasteiger partial charge in [-0.2, -0.15) is 0 Å². The first-order valence-corrected chi connectivity index (χ1v) is 14.9. The Morgan fingerprint density at radius 1 is 1.03 bits per heavy atom. The smallest absolute Gasteiger partial charge is 0.242 e. The van der Waals surface area contributed by atoms with Gasteiger partial charge in [0, 0.05) is 35.6 Å². The molecule has 0 unspecified atom stereocenters. The van der Waals surface area contributed by atoms with Gasteiger partial charge in [-0.25, -0.2) is 8.42 Å². The number of benzene rings is 2. The molecule has 0 fully saturated rings. The molecule has 0 radical (unpaired) electrons. The number of amides is 2. The summed E-state index contributed by atoms with van der Waals surface area (Å²) in [4.78, 5) is 27.8. The van der Waals surface area contributed by atoms with Crippen molar-refractivity contribution in [2.45, 2.75) is 72.5 Å². The van der Waals surface area contributed by atoms with Gasteiger partial charge >= 0.3 is 0 Å². The summed E-state index contributed by atoms with van der Waals surface area (Å²) < 4.78 is 26.4. The fourth-order valence-electron chi connectivity index (χ4n) is 3.77. The molecular formula is C27H37Cl2N3O4S. The van der Waals surface area contributed by atoms with E-state index in [1.165, 1.54) is 9.21 Å². The standard InChI is InChI=1S/C27H37Cl2N3O4S/c1-7-20(4)30-27(34)21(5)31(17-22-11-12-23(28)16-25(22)29)26(33)9-8-14-32(37(6,35)36)24-13-10-18(2)19(3)15-24/h10-13,15-16,20-21H,7-9,14,17H2,1-6H3,(H,30,34)/t20-,21-/m0/s1. The SMILES string of the molecule is CC[C@H](C)NC(=O)[C@H](C)N(Cc1ccc(Cl)cc1Cl)C(=O)CCCN(c1ccc(C)c(C)c1)S(C)(=O)=O. The van der Waals surface area contributed by atoms with Gasteiger partial charge in [0.2, 0.25) is 21.8 Å². The van der Waals surface area contributed by atoms with E-state index in [1.807, 2.05) is 39.8 Å². The molecule has 2 atom stereocenters. The number of halogens is 2. The van der Waals surface area contributed by atoms with Crippen LogP contribution in [0, 0.1) is 13.8 Å². The second-order valence-electron chi connectivity index (χ2n) is 9.46. The molecule has 7 nitrogen and oxygen atoms in total. The minimum atomic E-state index is -3.56. The Kier molecular flexibility index (Phi) is 11.3. The number of anilines is 1. The third-order valence-electron chi connectivity index (χ3n) is 6.45. The first-order chi connectivity index (χ1) is 17.2. The normalized spacial score (nSPS) is 13.1. The maximum atomic E-state index is 13.4. The molecular weight excluding hydrogens is 533 g/mol. The van der Waals surface area contributed by atoms with Crippen molar-refractivity contribution in [3.05, 3.63) is 63.1 Å². The Labute approximate surface area is 231 Å². The second kappa shape index (κ2) is 13.5. The van der Waals surface area contributed by atoms with Gasteiger partial charge in [0.05, 0.1) is 11.9 Å². The van der Waals surface area contributed by atoms with Gasteiger partial charge in [0.15, 0.2) is 0 Å². The first-order valence-electron chi connectivity index (χ1n) is 12.3. The Hall–Kier alpha value is -2.29. The minimum absolute atomic E-state index is 0.0349. The van der Waals surface area contributed by atoms with Gasteiger partial charge in [0.25, 0.3) is 0 Å². The average molecular weight is 571 g/mol. The van der Waals surface area contributed by atoms with Gasteiger partial charge < -0.3 is 10.2 Å². The molecule has 0 heterocycles. The molecule has 204 valence electrons. The monoisotopic (exact) mass is 569 g/mol. The number of hydrogen-bond donors (Lipinski definition) is 1. The third kappa shape index (κ3) is 8.90. The summed E-state index contributed by atoms with van der Waals surface area (Å²) in [6.45, 7) is 9.69. The summed E-state index contributed by atoms with van der Waals surface area (Å²) in [5, 5.41) is 3.80. The van der Waals surface area contributed by atoms with Crippen LogP contribution in [0.2, 0.25) is 10.0 Å². The van der Waals surface area contributed by atoms with E-state index in [4.69, 9.17) is 23.2 Å². The van der Waals surface area contributed by atoms with Crippen molar-refractivity contribution in [3.63, 3.8) is 0 Å². The van der Waals surface area contributed by atoms with Crippen LogP contribution in [0.3, 0.4) is 0 Å². The number of sulfonamides is 1. The maximum absolute atomic E-state index is 13.4. The predicted molar refractivity (Wildman–Crippen MR) is 152 cm³/mol. The van der Waals surface area contributed by atoms with Gasteiger partial charge in [-0.15, -0.1) is 0 Å². The van der Waals surface area contributed by atoms with Crippen molar-refractivity contribution in [1.82, 2.24) is 10.2 Å². The summed E-state index contributed by atoms with van der Waals surface area (Å²) in [5.74, 6) is -0.535. The Morgan fingerprint density at radius 2 is 1.70 bits per heavy atom. The molecule has 0 aliphatic rings. The van der Waals surface area contributed by atoms with Crippen LogP contribution in [0.15, 0.2) is 36.4 Å². The minimum Gasteiger partial charge on any atom is -0.352 e. The van der Waals surface area contributed by atoms with E-state index in [9.17, 15) is 18.0 Å². The zero-order valence-corrected chi connectivity index (χ0v) is 24.7.